The molecule has 0 unspecified atom stereocenters. The Hall–Kier alpha value is -2.44. The molecule has 1 fully saturated rings. The zero-order valence-corrected chi connectivity index (χ0v) is 20.2. The van der Waals surface area contributed by atoms with Crippen LogP contribution in [0.4, 0.5) is 5.82 Å². The number of aryl methyl sites for hydroxylation is 3. The van der Waals surface area contributed by atoms with Crippen molar-refractivity contribution in [3.05, 3.63) is 74.2 Å². The topological polar surface area (TPSA) is 49.3 Å². The van der Waals surface area contributed by atoms with E-state index in [2.05, 4.69) is 63.9 Å². The van der Waals surface area contributed by atoms with Gasteiger partial charge in [0.25, 0.3) is 5.91 Å². The van der Waals surface area contributed by atoms with E-state index in [4.69, 9.17) is 11.6 Å². The van der Waals surface area contributed by atoms with E-state index in [-0.39, 0.29) is 5.91 Å². The quantitative estimate of drug-likeness (QED) is 0.481. The van der Waals surface area contributed by atoms with Gasteiger partial charge in [0.05, 0.1) is 16.3 Å². The number of halogens is 2. The van der Waals surface area contributed by atoms with Crippen LogP contribution in [0.5, 0.6) is 0 Å². The Morgan fingerprint density at radius 2 is 1.61 bits per heavy atom. The lowest BCUT2D eigenvalue weighted by Crippen LogP contribution is -2.49. The highest BCUT2D eigenvalue weighted by Gasteiger charge is 2.24. The zero-order chi connectivity index (χ0) is 22.1. The van der Waals surface area contributed by atoms with E-state index in [0.29, 0.717) is 36.8 Å². The third-order valence-corrected chi connectivity index (χ3v) is 6.64. The van der Waals surface area contributed by atoms with Gasteiger partial charge in [-0.15, -0.1) is 10.2 Å². The van der Waals surface area contributed by atoms with Gasteiger partial charge in [-0.25, -0.2) is 0 Å². The fourth-order valence-corrected chi connectivity index (χ4v) is 4.40. The molecule has 7 heteroatoms. The summed E-state index contributed by atoms with van der Waals surface area (Å²) in [6.07, 6.45) is 0. The molecule has 160 valence electrons. The van der Waals surface area contributed by atoms with E-state index in [1.165, 1.54) is 16.7 Å². The lowest BCUT2D eigenvalue weighted by atomic mass is 9.99. The standard InChI is InChI=1S/C24H24BrClN4O/c1-15-12-17(3)19(13-16(15)2)22-6-7-23(28-27-22)29-8-10-30(11-9-29)24(31)20-14-18(25)4-5-21(20)26/h4-7,12-14H,8-11H2,1-3H3. The summed E-state index contributed by atoms with van der Waals surface area (Å²) in [6, 6.07) is 13.7. The molecule has 3 aromatic rings. The summed E-state index contributed by atoms with van der Waals surface area (Å²) in [7, 11) is 0. The van der Waals surface area contributed by atoms with Crippen LogP contribution in [0.15, 0.2) is 46.9 Å². The van der Waals surface area contributed by atoms with Crippen LogP contribution in [-0.4, -0.2) is 47.2 Å². The Bertz CT molecular complexity index is 1130. The first-order chi connectivity index (χ1) is 14.8. The van der Waals surface area contributed by atoms with Crippen molar-refractivity contribution < 1.29 is 4.79 Å². The monoisotopic (exact) mass is 498 g/mol. The van der Waals surface area contributed by atoms with Crippen molar-refractivity contribution in [3.8, 4) is 11.3 Å². The van der Waals surface area contributed by atoms with Crippen LogP contribution in [0.1, 0.15) is 27.0 Å². The minimum atomic E-state index is -0.0439. The third-order valence-electron chi connectivity index (χ3n) is 5.82. The minimum Gasteiger partial charge on any atom is -0.352 e. The average Bonchev–Trinajstić information content (AvgIpc) is 2.78. The molecular formula is C24H24BrClN4O. The largest absolute Gasteiger partial charge is 0.352 e. The van der Waals surface area contributed by atoms with Crippen LogP contribution < -0.4 is 4.90 Å². The number of carbonyl (C=O) groups is 1. The molecule has 2 aromatic carbocycles. The molecule has 0 saturated carbocycles. The van der Waals surface area contributed by atoms with E-state index in [0.717, 1.165) is 21.5 Å². The smallest absolute Gasteiger partial charge is 0.255 e. The number of carbonyl (C=O) groups excluding carboxylic acids is 1. The number of rotatable bonds is 3. The Kier molecular flexibility index (Phi) is 6.30. The molecule has 0 spiro atoms. The van der Waals surface area contributed by atoms with Crippen molar-refractivity contribution in [1.29, 1.82) is 0 Å². The molecule has 0 bridgehead atoms. The van der Waals surface area contributed by atoms with Crippen molar-refractivity contribution in [2.24, 2.45) is 0 Å². The van der Waals surface area contributed by atoms with E-state index in [9.17, 15) is 4.79 Å². The number of hydrogen-bond acceptors (Lipinski definition) is 4. The molecule has 2 heterocycles. The number of piperazine rings is 1. The number of aromatic nitrogens is 2. The highest BCUT2D eigenvalue weighted by atomic mass is 79.9. The van der Waals surface area contributed by atoms with Gasteiger partial charge in [0, 0.05) is 36.2 Å². The maximum absolute atomic E-state index is 12.9. The van der Waals surface area contributed by atoms with Gasteiger partial charge in [0.1, 0.15) is 0 Å². The molecule has 0 atom stereocenters. The molecule has 31 heavy (non-hydrogen) atoms. The number of nitrogens with zero attached hydrogens (tertiary/aromatic N) is 4. The first-order valence-electron chi connectivity index (χ1n) is 10.2. The van der Waals surface area contributed by atoms with Crippen molar-refractivity contribution in [2.75, 3.05) is 31.1 Å². The van der Waals surface area contributed by atoms with Crippen molar-refractivity contribution in [3.63, 3.8) is 0 Å². The molecule has 4 rings (SSSR count). The number of anilines is 1. The van der Waals surface area contributed by atoms with Gasteiger partial charge in [0.15, 0.2) is 5.82 Å². The van der Waals surface area contributed by atoms with E-state index in [1.54, 1.807) is 12.1 Å². The molecule has 5 nitrogen and oxygen atoms in total. The molecule has 0 N–H and O–H groups in total. The first-order valence-corrected chi connectivity index (χ1v) is 11.4. The molecule has 1 aliphatic heterocycles. The summed E-state index contributed by atoms with van der Waals surface area (Å²) in [5.41, 5.74) is 6.24. The van der Waals surface area contributed by atoms with Crippen LogP contribution in [0.3, 0.4) is 0 Å². The van der Waals surface area contributed by atoms with Gasteiger partial charge in [0.2, 0.25) is 0 Å². The van der Waals surface area contributed by atoms with Crippen LogP contribution in [0, 0.1) is 20.8 Å². The SMILES string of the molecule is Cc1cc(C)c(-c2ccc(N3CCN(C(=O)c4cc(Br)ccc4Cl)CC3)nn2)cc1C. The average molecular weight is 500 g/mol. The predicted molar refractivity (Wildman–Crippen MR) is 129 cm³/mol. The van der Waals surface area contributed by atoms with Gasteiger partial charge in [-0.1, -0.05) is 33.6 Å². The normalized spacial score (nSPS) is 14.1. The van der Waals surface area contributed by atoms with Gasteiger partial charge >= 0.3 is 0 Å². The Morgan fingerprint density at radius 1 is 0.903 bits per heavy atom. The van der Waals surface area contributed by atoms with Gasteiger partial charge in [-0.2, -0.15) is 0 Å². The lowest BCUT2D eigenvalue weighted by Gasteiger charge is -2.35. The fraction of sp³-hybridized carbons (Fsp3) is 0.292. The highest BCUT2D eigenvalue weighted by molar-refractivity contribution is 9.10. The molecule has 1 amide bonds. The number of amides is 1. The second kappa shape index (κ2) is 8.97. The minimum absolute atomic E-state index is 0.0439. The highest BCUT2D eigenvalue weighted by Crippen LogP contribution is 2.26. The van der Waals surface area contributed by atoms with Crippen molar-refractivity contribution >= 4 is 39.3 Å². The maximum Gasteiger partial charge on any atom is 0.255 e. The van der Waals surface area contributed by atoms with Crippen LogP contribution in [0.2, 0.25) is 5.02 Å². The first kappa shape index (κ1) is 21.8. The summed E-state index contributed by atoms with van der Waals surface area (Å²) in [5.74, 6) is 0.787. The van der Waals surface area contributed by atoms with Gasteiger partial charge < -0.3 is 9.80 Å². The third kappa shape index (κ3) is 4.60. The zero-order valence-electron chi connectivity index (χ0n) is 17.8. The van der Waals surface area contributed by atoms with Crippen LogP contribution in [-0.2, 0) is 0 Å². The lowest BCUT2D eigenvalue weighted by molar-refractivity contribution is 0.0746. The molecule has 1 aromatic heterocycles. The number of benzene rings is 2. The Morgan fingerprint density at radius 3 is 2.29 bits per heavy atom. The second-order valence-corrected chi connectivity index (χ2v) is 9.25. The Balaban J connectivity index is 1.44. The molecule has 1 saturated heterocycles. The Labute approximate surface area is 196 Å². The summed E-state index contributed by atoms with van der Waals surface area (Å²) >= 11 is 9.64. The van der Waals surface area contributed by atoms with Crippen molar-refractivity contribution in [1.82, 2.24) is 15.1 Å². The van der Waals surface area contributed by atoms with E-state index < -0.39 is 0 Å². The number of hydrogen-bond donors (Lipinski definition) is 0. The van der Waals surface area contributed by atoms with Gasteiger partial charge in [-0.05, 0) is 73.9 Å². The molecular weight excluding hydrogens is 476 g/mol. The summed E-state index contributed by atoms with van der Waals surface area (Å²) in [6.45, 7) is 8.97. The molecule has 1 aliphatic rings. The summed E-state index contributed by atoms with van der Waals surface area (Å²) < 4.78 is 0.841. The fourth-order valence-electron chi connectivity index (χ4n) is 3.84. The molecule has 0 aliphatic carbocycles. The molecule has 0 radical (unpaired) electrons. The van der Waals surface area contributed by atoms with Crippen molar-refractivity contribution in [2.45, 2.75) is 20.8 Å². The van der Waals surface area contributed by atoms with E-state index >= 15 is 0 Å². The van der Waals surface area contributed by atoms with Crippen LogP contribution >= 0.6 is 27.5 Å². The second-order valence-electron chi connectivity index (χ2n) is 7.93. The van der Waals surface area contributed by atoms with E-state index in [1.807, 2.05) is 23.1 Å². The summed E-state index contributed by atoms with van der Waals surface area (Å²) in [4.78, 5) is 16.9. The summed E-state index contributed by atoms with van der Waals surface area (Å²) in [5, 5.41) is 9.43. The maximum atomic E-state index is 12.9. The predicted octanol–water partition coefficient (Wildman–Crippen LogP) is 5.45. The van der Waals surface area contributed by atoms with Gasteiger partial charge in [-0.3, -0.25) is 4.79 Å². The van der Waals surface area contributed by atoms with Crippen LogP contribution in [0.25, 0.3) is 11.3 Å².